The van der Waals surface area contributed by atoms with Crippen molar-refractivity contribution >= 4 is 23.4 Å². The molecule has 0 spiro atoms. The molecule has 1 saturated carbocycles. The largest absolute Gasteiger partial charge is 0.325 e. The van der Waals surface area contributed by atoms with E-state index in [1.165, 1.54) is 24.8 Å². The lowest BCUT2D eigenvalue weighted by Crippen LogP contribution is -2.24. The highest BCUT2D eigenvalue weighted by molar-refractivity contribution is 8.00. The summed E-state index contributed by atoms with van der Waals surface area (Å²) in [5.74, 6) is 0.978. The van der Waals surface area contributed by atoms with Crippen molar-refractivity contribution in [2.45, 2.75) is 61.4 Å². The highest BCUT2D eigenvalue weighted by Crippen LogP contribution is 2.38. The summed E-state index contributed by atoms with van der Waals surface area (Å²) in [5.41, 5.74) is 3.22. The number of carbonyl (C=O) groups excluding carboxylic acids is 1. The number of carbonyl (C=O) groups is 1. The number of nitrogens with one attached hydrogen (secondary N) is 1. The van der Waals surface area contributed by atoms with Gasteiger partial charge in [0, 0.05) is 17.3 Å². The minimum absolute atomic E-state index is 0.0596. The zero-order chi connectivity index (χ0) is 20.3. The molecule has 1 aromatic heterocycles. The average Bonchev–Trinajstić information content (AvgIpc) is 3.14. The summed E-state index contributed by atoms with van der Waals surface area (Å²) in [6.45, 7) is 0. The summed E-state index contributed by atoms with van der Waals surface area (Å²) in [7, 11) is 0. The van der Waals surface area contributed by atoms with Crippen LogP contribution < -0.4 is 5.32 Å². The van der Waals surface area contributed by atoms with E-state index in [2.05, 4.69) is 38.3 Å². The molecule has 1 amide bonds. The van der Waals surface area contributed by atoms with E-state index in [0.29, 0.717) is 6.04 Å². The standard InChI is InChI=1S/C24H26N4OS/c29-23-21(16-15-17-9-7-8-14-20(17)25-23)30-24-27-26-22(18-10-3-1-4-11-18)28(24)19-12-5-2-6-13-19/h1,3-4,7-11,14,19,21H,2,5-6,12-13,15-16H2,(H,25,29)/t21-/m0/s1. The molecule has 5 nitrogen and oxygen atoms in total. The van der Waals surface area contributed by atoms with Crippen molar-refractivity contribution in [3.63, 3.8) is 0 Å². The van der Waals surface area contributed by atoms with Crippen LogP contribution in [-0.2, 0) is 11.2 Å². The lowest BCUT2D eigenvalue weighted by atomic mass is 9.95. The Balaban J connectivity index is 1.45. The van der Waals surface area contributed by atoms with Gasteiger partial charge in [0.25, 0.3) is 0 Å². The van der Waals surface area contributed by atoms with Crippen molar-refractivity contribution in [2.24, 2.45) is 0 Å². The Kier molecular flexibility index (Phi) is 5.58. The van der Waals surface area contributed by atoms with E-state index in [1.807, 2.05) is 36.4 Å². The summed E-state index contributed by atoms with van der Waals surface area (Å²) in [6, 6.07) is 18.8. The summed E-state index contributed by atoms with van der Waals surface area (Å²) in [5, 5.41) is 13.0. The molecule has 0 saturated heterocycles. The molecule has 1 fully saturated rings. The van der Waals surface area contributed by atoms with Gasteiger partial charge in [0.15, 0.2) is 11.0 Å². The predicted octanol–water partition coefficient (Wildman–Crippen LogP) is 5.50. The second-order valence-corrected chi connectivity index (χ2v) is 9.30. The van der Waals surface area contributed by atoms with Crippen LogP contribution in [0.15, 0.2) is 59.8 Å². The Morgan fingerprint density at radius 3 is 2.50 bits per heavy atom. The first-order chi connectivity index (χ1) is 14.8. The monoisotopic (exact) mass is 418 g/mol. The number of nitrogens with zero attached hydrogens (tertiary/aromatic N) is 3. The molecule has 1 aliphatic heterocycles. The highest BCUT2D eigenvalue weighted by atomic mass is 32.2. The fraction of sp³-hybridized carbons (Fsp3) is 0.375. The van der Waals surface area contributed by atoms with E-state index in [-0.39, 0.29) is 11.2 Å². The molecule has 2 aliphatic rings. The minimum atomic E-state index is -0.174. The third-order valence-electron chi connectivity index (χ3n) is 6.13. The first-order valence-corrected chi connectivity index (χ1v) is 11.7. The van der Waals surface area contributed by atoms with Crippen molar-refractivity contribution in [3.05, 3.63) is 60.2 Å². The Bertz CT molecular complexity index is 1030. The third kappa shape index (κ3) is 3.88. The molecule has 6 heteroatoms. The van der Waals surface area contributed by atoms with Gasteiger partial charge in [-0.1, -0.05) is 79.6 Å². The summed E-state index contributed by atoms with van der Waals surface area (Å²) < 4.78 is 2.31. The van der Waals surface area contributed by atoms with E-state index in [4.69, 9.17) is 0 Å². The lowest BCUT2D eigenvalue weighted by Gasteiger charge is -2.26. The Morgan fingerprint density at radius 2 is 1.67 bits per heavy atom. The number of hydrogen-bond donors (Lipinski definition) is 1. The number of amides is 1. The maximum Gasteiger partial charge on any atom is 0.237 e. The molecular formula is C24H26N4OS. The molecule has 0 radical (unpaired) electrons. The van der Waals surface area contributed by atoms with E-state index < -0.39 is 0 Å². The van der Waals surface area contributed by atoms with Crippen LogP contribution in [0, 0.1) is 0 Å². The Morgan fingerprint density at radius 1 is 0.900 bits per heavy atom. The van der Waals surface area contributed by atoms with Gasteiger partial charge in [-0.2, -0.15) is 0 Å². The van der Waals surface area contributed by atoms with Crippen molar-refractivity contribution < 1.29 is 4.79 Å². The summed E-state index contributed by atoms with van der Waals surface area (Å²) in [6.07, 6.45) is 7.74. The van der Waals surface area contributed by atoms with Gasteiger partial charge < -0.3 is 5.32 Å². The summed E-state index contributed by atoms with van der Waals surface area (Å²) >= 11 is 1.57. The second-order valence-electron chi connectivity index (χ2n) is 8.13. The molecule has 2 aromatic carbocycles. The maximum absolute atomic E-state index is 13.0. The van der Waals surface area contributed by atoms with Crippen LogP contribution in [0.4, 0.5) is 5.69 Å². The zero-order valence-electron chi connectivity index (χ0n) is 17.0. The summed E-state index contributed by atoms with van der Waals surface area (Å²) in [4.78, 5) is 13.0. The second kappa shape index (κ2) is 8.64. The fourth-order valence-corrected chi connectivity index (χ4v) is 5.63. The van der Waals surface area contributed by atoms with E-state index in [9.17, 15) is 4.79 Å². The molecule has 0 unspecified atom stereocenters. The van der Waals surface area contributed by atoms with Crippen LogP contribution in [-0.4, -0.2) is 25.9 Å². The average molecular weight is 419 g/mol. The number of anilines is 1. The van der Waals surface area contributed by atoms with Gasteiger partial charge in [-0.05, 0) is 37.3 Å². The molecule has 30 heavy (non-hydrogen) atoms. The number of hydrogen-bond acceptors (Lipinski definition) is 4. The van der Waals surface area contributed by atoms with Gasteiger partial charge in [-0.25, -0.2) is 0 Å². The maximum atomic E-state index is 13.0. The molecule has 1 N–H and O–H groups in total. The zero-order valence-corrected chi connectivity index (χ0v) is 17.8. The van der Waals surface area contributed by atoms with Crippen molar-refractivity contribution in [2.75, 3.05) is 5.32 Å². The SMILES string of the molecule is O=C1Nc2ccccc2CC[C@@H]1Sc1nnc(-c2ccccc2)n1C1CCCCC1. The topological polar surface area (TPSA) is 59.8 Å². The number of para-hydroxylation sites is 1. The quantitative estimate of drug-likeness (QED) is 0.608. The molecule has 154 valence electrons. The van der Waals surface area contributed by atoms with Gasteiger partial charge >= 0.3 is 0 Å². The fourth-order valence-electron chi connectivity index (χ4n) is 4.54. The van der Waals surface area contributed by atoms with Crippen LogP contribution in [0.3, 0.4) is 0 Å². The van der Waals surface area contributed by atoms with E-state index in [0.717, 1.165) is 47.9 Å². The molecular weight excluding hydrogens is 392 g/mol. The number of fused-ring (bicyclic) bond motifs is 1. The number of benzene rings is 2. The van der Waals surface area contributed by atoms with Crippen molar-refractivity contribution in [3.8, 4) is 11.4 Å². The van der Waals surface area contributed by atoms with Gasteiger partial charge in [0.05, 0.1) is 5.25 Å². The lowest BCUT2D eigenvalue weighted by molar-refractivity contribution is -0.115. The third-order valence-corrected chi connectivity index (χ3v) is 7.35. The van der Waals surface area contributed by atoms with Crippen LogP contribution in [0.1, 0.15) is 50.1 Å². The Labute approximate surface area is 181 Å². The number of aryl methyl sites for hydroxylation is 1. The molecule has 2 heterocycles. The van der Waals surface area contributed by atoms with Gasteiger partial charge in [-0.3, -0.25) is 9.36 Å². The minimum Gasteiger partial charge on any atom is -0.325 e. The predicted molar refractivity (Wildman–Crippen MR) is 121 cm³/mol. The van der Waals surface area contributed by atoms with Gasteiger partial charge in [-0.15, -0.1) is 10.2 Å². The normalized spacial score (nSPS) is 19.7. The highest BCUT2D eigenvalue weighted by Gasteiger charge is 2.29. The van der Waals surface area contributed by atoms with Crippen molar-refractivity contribution in [1.82, 2.24) is 14.8 Å². The Hall–Kier alpha value is -2.60. The van der Waals surface area contributed by atoms with Crippen molar-refractivity contribution in [1.29, 1.82) is 0 Å². The number of aromatic nitrogens is 3. The molecule has 1 aliphatic carbocycles. The molecule has 3 aromatic rings. The molecule has 1 atom stereocenters. The first-order valence-electron chi connectivity index (χ1n) is 10.9. The number of thioether (sulfide) groups is 1. The van der Waals surface area contributed by atoms with Crippen LogP contribution in [0.5, 0.6) is 0 Å². The van der Waals surface area contributed by atoms with Crippen LogP contribution in [0.2, 0.25) is 0 Å². The van der Waals surface area contributed by atoms with E-state index >= 15 is 0 Å². The number of rotatable bonds is 4. The van der Waals surface area contributed by atoms with Gasteiger partial charge in [0.1, 0.15) is 0 Å². The first kappa shape index (κ1) is 19.4. The van der Waals surface area contributed by atoms with Gasteiger partial charge in [0.2, 0.25) is 5.91 Å². The van der Waals surface area contributed by atoms with Crippen LogP contribution in [0.25, 0.3) is 11.4 Å². The van der Waals surface area contributed by atoms with E-state index in [1.54, 1.807) is 11.8 Å². The molecule has 5 rings (SSSR count). The van der Waals surface area contributed by atoms with Crippen LogP contribution >= 0.6 is 11.8 Å². The smallest absolute Gasteiger partial charge is 0.237 e. The molecule has 0 bridgehead atoms.